The van der Waals surface area contributed by atoms with E-state index in [0.29, 0.717) is 12.2 Å². The van der Waals surface area contributed by atoms with Gasteiger partial charge in [-0.15, -0.1) is 0 Å². The first kappa shape index (κ1) is 18.5. The van der Waals surface area contributed by atoms with Crippen molar-refractivity contribution in [3.05, 3.63) is 58.9 Å². The van der Waals surface area contributed by atoms with Crippen LogP contribution in [0, 0.1) is 44.4 Å². The van der Waals surface area contributed by atoms with Gasteiger partial charge in [-0.2, -0.15) is 5.10 Å². The molecule has 146 valence electrons. The highest BCUT2D eigenvalue weighted by molar-refractivity contribution is 5.97. The second kappa shape index (κ2) is 6.93. The highest BCUT2D eigenvalue weighted by atomic mass is 16.4. The third kappa shape index (κ3) is 3.13. The van der Waals surface area contributed by atoms with E-state index >= 15 is 0 Å². The minimum Gasteiger partial charge on any atom is -0.481 e. The van der Waals surface area contributed by atoms with Gasteiger partial charge in [0.2, 0.25) is 5.91 Å². The van der Waals surface area contributed by atoms with Gasteiger partial charge in [-0.05, 0) is 44.6 Å². The number of hydrogen-bond donors (Lipinski definition) is 2. The lowest BCUT2D eigenvalue weighted by Gasteiger charge is -2.23. The molecule has 4 rings (SSSR count). The zero-order valence-electron chi connectivity index (χ0n) is 16.3. The summed E-state index contributed by atoms with van der Waals surface area (Å²) < 4.78 is 1.88. The highest BCUT2D eigenvalue weighted by Crippen LogP contribution is 2.48. The van der Waals surface area contributed by atoms with Gasteiger partial charge in [0.05, 0.1) is 35.5 Å². The zero-order valence-corrected chi connectivity index (χ0v) is 16.3. The van der Waals surface area contributed by atoms with Crippen molar-refractivity contribution in [2.24, 2.45) is 23.7 Å². The van der Waals surface area contributed by atoms with Crippen molar-refractivity contribution >= 4 is 17.6 Å². The highest BCUT2D eigenvalue weighted by Gasteiger charge is 2.51. The van der Waals surface area contributed by atoms with Crippen LogP contribution in [0.4, 0.5) is 5.69 Å². The monoisotopic (exact) mass is 379 g/mol. The smallest absolute Gasteiger partial charge is 0.307 e. The number of aryl methyl sites for hydroxylation is 2. The molecule has 1 aromatic heterocycles. The van der Waals surface area contributed by atoms with E-state index in [9.17, 15) is 14.7 Å². The molecule has 1 saturated carbocycles. The van der Waals surface area contributed by atoms with Crippen molar-refractivity contribution in [3.63, 3.8) is 0 Å². The third-order valence-corrected chi connectivity index (χ3v) is 6.13. The molecule has 2 aliphatic carbocycles. The molecule has 0 unspecified atom stereocenters. The van der Waals surface area contributed by atoms with Crippen LogP contribution >= 0.6 is 0 Å². The number of benzene rings is 1. The molecule has 2 N–H and O–H groups in total. The van der Waals surface area contributed by atoms with Gasteiger partial charge in [-0.3, -0.25) is 14.3 Å². The van der Waals surface area contributed by atoms with Gasteiger partial charge in [-0.25, -0.2) is 0 Å². The number of aromatic nitrogens is 2. The SMILES string of the molecule is Cc1ccc(Cn2nc(C)c(NC(=O)[C@H]3[C@@H](C(=O)O)[C@H]4C=C[C@@H]3C4)c2C)cc1. The standard InChI is InChI=1S/C22H25N3O3/c1-12-4-6-15(7-5-12)11-25-14(3)20(13(2)24-25)23-21(26)18-16-8-9-17(10-16)19(18)22(27)28/h4-9,16-19H,10-11H2,1-3H3,(H,23,26)(H,27,28)/t16-,17+,18-,19+/m1/s1. The van der Waals surface area contributed by atoms with Crippen molar-refractivity contribution in [3.8, 4) is 0 Å². The van der Waals surface area contributed by atoms with Crippen LogP contribution in [0.3, 0.4) is 0 Å². The predicted octanol–water partition coefficient (Wildman–Crippen LogP) is 3.32. The Labute approximate surface area is 164 Å². The van der Waals surface area contributed by atoms with Crippen molar-refractivity contribution in [1.29, 1.82) is 0 Å². The summed E-state index contributed by atoms with van der Waals surface area (Å²) in [4.78, 5) is 24.7. The number of carboxylic acids is 1. The second-order valence-corrected chi connectivity index (χ2v) is 8.02. The van der Waals surface area contributed by atoms with Crippen LogP contribution in [0.25, 0.3) is 0 Å². The number of nitrogens with zero attached hydrogens (tertiary/aromatic N) is 2. The summed E-state index contributed by atoms with van der Waals surface area (Å²) in [6.07, 6.45) is 4.69. The molecule has 2 aliphatic rings. The quantitative estimate of drug-likeness (QED) is 0.781. The van der Waals surface area contributed by atoms with Gasteiger partial charge in [0.25, 0.3) is 0 Å². The summed E-state index contributed by atoms with van der Waals surface area (Å²) >= 11 is 0. The summed E-state index contributed by atoms with van der Waals surface area (Å²) in [5.74, 6) is -2.30. The van der Waals surface area contributed by atoms with E-state index in [0.717, 1.165) is 23.4 Å². The Morgan fingerprint density at radius 3 is 2.39 bits per heavy atom. The molecule has 0 saturated heterocycles. The summed E-state index contributed by atoms with van der Waals surface area (Å²) in [5.41, 5.74) is 4.64. The van der Waals surface area contributed by atoms with Crippen LogP contribution in [-0.4, -0.2) is 26.8 Å². The number of carbonyl (C=O) groups excluding carboxylic acids is 1. The largest absolute Gasteiger partial charge is 0.481 e. The lowest BCUT2D eigenvalue weighted by atomic mass is 9.82. The molecule has 2 bridgehead atoms. The Balaban J connectivity index is 1.54. The molecule has 6 heteroatoms. The maximum absolute atomic E-state index is 13.0. The van der Waals surface area contributed by atoms with Gasteiger partial charge < -0.3 is 10.4 Å². The van der Waals surface area contributed by atoms with E-state index in [2.05, 4.69) is 41.6 Å². The lowest BCUT2D eigenvalue weighted by molar-refractivity contribution is -0.146. The summed E-state index contributed by atoms with van der Waals surface area (Å²) in [7, 11) is 0. The van der Waals surface area contributed by atoms with E-state index in [4.69, 9.17) is 0 Å². The lowest BCUT2D eigenvalue weighted by Crippen LogP contribution is -2.36. The maximum Gasteiger partial charge on any atom is 0.307 e. The van der Waals surface area contributed by atoms with Gasteiger partial charge in [0, 0.05) is 0 Å². The molecule has 1 aromatic carbocycles. The van der Waals surface area contributed by atoms with E-state index < -0.39 is 17.8 Å². The van der Waals surface area contributed by atoms with Crippen LogP contribution in [-0.2, 0) is 16.1 Å². The van der Waals surface area contributed by atoms with E-state index in [1.807, 2.05) is 30.7 Å². The van der Waals surface area contributed by atoms with E-state index in [1.165, 1.54) is 5.56 Å². The second-order valence-electron chi connectivity index (χ2n) is 8.02. The van der Waals surface area contributed by atoms with Gasteiger partial charge in [0.15, 0.2) is 0 Å². The van der Waals surface area contributed by atoms with Crippen LogP contribution < -0.4 is 5.32 Å². The normalized spacial score (nSPS) is 25.2. The molecule has 0 aliphatic heterocycles. The molecule has 28 heavy (non-hydrogen) atoms. The predicted molar refractivity (Wildman–Crippen MR) is 106 cm³/mol. The van der Waals surface area contributed by atoms with E-state index in [1.54, 1.807) is 0 Å². The average molecular weight is 379 g/mol. The topological polar surface area (TPSA) is 84.2 Å². The number of nitrogens with one attached hydrogen (secondary N) is 1. The first-order chi connectivity index (χ1) is 13.3. The van der Waals surface area contributed by atoms with Crippen LogP contribution in [0.1, 0.15) is 28.9 Å². The average Bonchev–Trinajstić information content (AvgIpc) is 3.33. The van der Waals surface area contributed by atoms with Crippen molar-refractivity contribution in [2.45, 2.75) is 33.7 Å². The molecule has 1 heterocycles. The summed E-state index contributed by atoms with van der Waals surface area (Å²) in [6, 6.07) is 8.28. The first-order valence-corrected chi connectivity index (χ1v) is 9.66. The molecule has 0 spiro atoms. The zero-order chi connectivity index (χ0) is 20.0. The van der Waals surface area contributed by atoms with Crippen LogP contribution in [0.15, 0.2) is 36.4 Å². The summed E-state index contributed by atoms with van der Waals surface area (Å²) in [5, 5.41) is 17.2. The Kier molecular flexibility index (Phi) is 4.57. The first-order valence-electron chi connectivity index (χ1n) is 9.66. The number of allylic oxidation sites excluding steroid dienone is 2. The molecular weight excluding hydrogens is 354 g/mol. The van der Waals surface area contributed by atoms with Gasteiger partial charge in [0.1, 0.15) is 0 Å². The number of carboxylic acid groups (broad SMARTS) is 1. The minimum atomic E-state index is -0.888. The van der Waals surface area contributed by atoms with Crippen molar-refractivity contribution in [1.82, 2.24) is 9.78 Å². The molecule has 2 aromatic rings. The summed E-state index contributed by atoms with van der Waals surface area (Å²) in [6.45, 7) is 6.47. The Bertz CT molecular complexity index is 958. The third-order valence-electron chi connectivity index (χ3n) is 6.13. The van der Waals surface area contributed by atoms with Crippen LogP contribution in [0.2, 0.25) is 0 Å². The number of rotatable bonds is 5. The fourth-order valence-electron chi connectivity index (χ4n) is 4.62. The maximum atomic E-state index is 13.0. The Hall–Kier alpha value is -2.89. The van der Waals surface area contributed by atoms with Crippen molar-refractivity contribution < 1.29 is 14.7 Å². The fourth-order valence-corrected chi connectivity index (χ4v) is 4.62. The molecule has 6 nitrogen and oxygen atoms in total. The number of hydrogen-bond acceptors (Lipinski definition) is 3. The fraction of sp³-hybridized carbons (Fsp3) is 0.409. The molecule has 0 radical (unpaired) electrons. The Morgan fingerprint density at radius 2 is 1.75 bits per heavy atom. The van der Waals surface area contributed by atoms with Gasteiger partial charge in [-0.1, -0.05) is 42.0 Å². The Morgan fingerprint density at radius 1 is 1.11 bits per heavy atom. The van der Waals surface area contributed by atoms with Crippen LogP contribution in [0.5, 0.6) is 0 Å². The number of aliphatic carboxylic acids is 1. The van der Waals surface area contributed by atoms with Gasteiger partial charge >= 0.3 is 5.97 Å². The van der Waals surface area contributed by atoms with E-state index in [-0.39, 0.29) is 17.7 Å². The molecule has 1 fully saturated rings. The molecular formula is C22H25N3O3. The minimum absolute atomic E-state index is 0.00863. The van der Waals surface area contributed by atoms with Crippen molar-refractivity contribution in [2.75, 3.05) is 5.32 Å². The molecule has 4 atom stereocenters. The number of fused-ring (bicyclic) bond motifs is 2. The molecule has 1 amide bonds. The number of amides is 1. The number of carbonyl (C=O) groups is 2. The number of anilines is 1.